The lowest BCUT2D eigenvalue weighted by atomic mass is 10.2. The van der Waals surface area contributed by atoms with Gasteiger partial charge in [-0.25, -0.2) is 13.1 Å². The number of halogens is 3. The average Bonchev–Trinajstić information content (AvgIpc) is 2.59. The van der Waals surface area contributed by atoms with E-state index >= 15 is 0 Å². The molecule has 0 saturated heterocycles. The number of guanidine groups is 1. The second-order valence-corrected chi connectivity index (χ2v) is 7.60. The maximum absolute atomic E-state index is 12.1. The summed E-state index contributed by atoms with van der Waals surface area (Å²) in [5.41, 5.74) is 0.910. The number of benzene rings is 1. The zero-order valence-electron chi connectivity index (χ0n) is 15.6. The third-order valence-electron chi connectivity index (χ3n) is 3.48. The van der Waals surface area contributed by atoms with Crippen molar-refractivity contribution in [3.8, 4) is 5.75 Å². The van der Waals surface area contributed by atoms with Gasteiger partial charge in [-0.05, 0) is 31.0 Å². The number of rotatable bonds is 10. The van der Waals surface area contributed by atoms with E-state index in [-0.39, 0.29) is 35.5 Å². The van der Waals surface area contributed by atoms with Crippen LogP contribution in [-0.2, 0) is 16.6 Å². The number of ether oxygens (including phenoxy) is 1. The first-order chi connectivity index (χ1) is 12.3. The Bertz CT molecular complexity index is 673. The molecular weight excluding hydrogens is 493 g/mol. The van der Waals surface area contributed by atoms with Crippen LogP contribution in [0.1, 0.15) is 18.9 Å². The van der Waals surface area contributed by atoms with Gasteiger partial charge in [0.25, 0.3) is 0 Å². The summed E-state index contributed by atoms with van der Waals surface area (Å²) in [5.74, 6) is 0.825. The van der Waals surface area contributed by atoms with Crippen LogP contribution in [0.5, 0.6) is 5.75 Å². The van der Waals surface area contributed by atoms with Crippen molar-refractivity contribution in [2.45, 2.75) is 26.5 Å². The van der Waals surface area contributed by atoms with Gasteiger partial charge in [0.05, 0.1) is 5.75 Å². The molecule has 7 nitrogen and oxygen atoms in total. The SMILES string of the molecule is CCS(=O)(=O)NCCCNC(=NC)N(C)Cc1ccc(OC(F)F)cc1.I. The van der Waals surface area contributed by atoms with E-state index in [1.165, 1.54) is 12.1 Å². The highest BCUT2D eigenvalue weighted by molar-refractivity contribution is 14.0. The van der Waals surface area contributed by atoms with Gasteiger partial charge in [-0.3, -0.25) is 4.99 Å². The van der Waals surface area contributed by atoms with Crippen LogP contribution in [0, 0.1) is 0 Å². The molecule has 0 aromatic heterocycles. The van der Waals surface area contributed by atoms with E-state index in [4.69, 9.17) is 0 Å². The largest absolute Gasteiger partial charge is 0.435 e. The van der Waals surface area contributed by atoms with Gasteiger partial charge in [-0.2, -0.15) is 8.78 Å². The maximum atomic E-state index is 12.1. The van der Waals surface area contributed by atoms with Crippen LogP contribution in [0.15, 0.2) is 29.3 Å². The highest BCUT2D eigenvalue weighted by Crippen LogP contribution is 2.15. The van der Waals surface area contributed by atoms with Gasteiger partial charge in [0.2, 0.25) is 10.0 Å². The first-order valence-corrected chi connectivity index (χ1v) is 9.85. The molecule has 0 heterocycles. The lowest BCUT2D eigenvalue weighted by Gasteiger charge is -2.22. The van der Waals surface area contributed by atoms with E-state index in [1.54, 1.807) is 26.1 Å². The minimum atomic E-state index is -3.17. The summed E-state index contributed by atoms with van der Waals surface area (Å²) in [6, 6.07) is 6.40. The highest BCUT2D eigenvalue weighted by Gasteiger charge is 2.09. The molecule has 11 heteroatoms. The quantitative estimate of drug-likeness (QED) is 0.214. The molecule has 1 aromatic rings. The van der Waals surface area contributed by atoms with Crippen LogP contribution < -0.4 is 14.8 Å². The molecular formula is C16H27F2IN4O3S. The number of nitrogens with zero attached hydrogens (tertiary/aromatic N) is 2. The molecule has 2 N–H and O–H groups in total. The Labute approximate surface area is 176 Å². The second kappa shape index (κ2) is 13.0. The Kier molecular flexibility index (Phi) is 12.5. The summed E-state index contributed by atoms with van der Waals surface area (Å²) in [6.45, 7) is 0.189. The van der Waals surface area contributed by atoms with Gasteiger partial charge in [-0.15, -0.1) is 24.0 Å². The van der Waals surface area contributed by atoms with Crippen LogP contribution in [-0.4, -0.2) is 58.8 Å². The zero-order valence-corrected chi connectivity index (χ0v) is 18.8. The van der Waals surface area contributed by atoms with Gasteiger partial charge < -0.3 is 15.0 Å². The zero-order chi connectivity index (χ0) is 19.6. The minimum Gasteiger partial charge on any atom is -0.435 e. The predicted molar refractivity (Wildman–Crippen MR) is 113 cm³/mol. The standard InChI is InChI=1S/C16H26F2N4O3S.HI/c1-4-26(23,24)21-11-5-10-20-16(19-2)22(3)12-13-6-8-14(9-7-13)25-15(17)18;/h6-9,15,21H,4-5,10-12H2,1-3H3,(H,19,20);1H. The molecule has 0 radical (unpaired) electrons. The van der Waals surface area contributed by atoms with Crippen molar-refractivity contribution in [2.75, 3.05) is 32.9 Å². The van der Waals surface area contributed by atoms with Crippen molar-refractivity contribution in [1.29, 1.82) is 0 Å². The van der Waals surface area contributed by atoms with Crippen molar-refractivity contribution < 1.29 is 21.9 Å². The number of sulfonamides is 1. The van der Waals surface area contributed by atoms with E-state index in [0.717, 1.165) is 5.56 Å². The van der Waals surface area contributed by atoms with E-state index in [1.807, 2.05) is 11.9 Å². The Morgan fingerprint density at radius 2 is 1.89 bits per heavy atom. The molecule has 0 aliphatic rings. The number of hydrogen-bond acceptors (Lipinski definition) is 4. The van der Waals surface area contributed by atoms with Crippen molar-refractivity contribution in [3.05, 3.63) is 29.8 Å². The summed E-state index contributed by atoms with van der Waals surface area (Å²) < 4.78 is 53.8. The molecule has 0 unspecified atom stereocenters. The summed E-state index contributed by atoms with van der Waals surface area (Å²) in [4.78, 5) is 6.05. The molecule has 1 rings (SSSR count). The van der Waals surface area contributed by atoms with E-state index in [2.05, 4.69) is 19.8 Å². The van der Waals surface area contributed by atoms with Gasteiger partial charge in [-0.1, -0.05) is 12.1 Å². The van der Waals surface area contributed by atoms with Gasteiger partial charge in [0.15, 0.2) is 5.96 Å². The number of nitrogens with one attached hydrogen (secondary N) is 2. The lowest BCUT2D eigenvalue weighted by Crippen LogP contribution is -2.39. The van der Waals surface area contributed by atoms with Gasteiger partial charge in [0.1, 0.15) is 5.75 Å². The number of hydrogen-bond donors (Lipinski definition) is 2. The Morgan fingerprint density at radius 1 is 1.26 bits per heavy atom. The molecule has 0 aliphatic carbocycles. The van der Waals surface area contributed by atoms with Crippen LogP contribution in [0.4, 0.5) is 8.78 Å². The fourth-order valence-corrected chi connectivity index (χ4v) is 2.79. The molecule has 0 fully saturated rings. The molecule has 0 saturated carbocycles. The summed E-state index contributed by atoms with van der Waals surface area (Å²) in [5, 5.41) is 3.15. The van der Waals surface area contributed by atoms with E-state index in [0.29, 0.717) is 32.0 Å². The number of aliphatic imine (C=N–C) groups is 1. The molecule has 0 spiro atoms. The highest BCUT2D eigenvalue weighted by atomic mass is 127. The smallest absolute Gasteiger partial charge is 0.387 e. The summed E-state index contributed by atoms with van der Waals surface area (Å²) >= 11 is 0. The molecule has 0 bridgehead atoms. The normalized spacial score (nSPS) is 11.9. The molecule has 156 valence electrons. The van der Waals surface area contributed by atoms with E-state index < -0.39 is 16.6 Å². The third kappa shape index (κ3) is 10.6. The molecule has 0 atom stereocenters. The first-order valence-electron chi connectivity index (χ1n) is 8.20. The minimum absolute atomic E-state index is 0. The van der Waals surface area contributed by atoms with Crippen LogP contribution in [0.2, 0.25) is 0 Å². The Balaban J connectivity index is 0.00000676. The van der Waals surface area contributed by atoms with Crippen LogP contribution >= 0.6 is 24.0 Å². The molecule has 0 amide bonds. The monoisotopic (exact) mass is 520 g/mol. The van der Waals surface area contributed by atoms with Crippen molar-refractivity contribution in [2.24, 2.45) is 4.99 Å². The van der Waals surface area contributed by atoms with Crippen molar-refractivity contribution in [1.82, 2.24) is 14.9 Å². The van der Waals surface area contributed by atoms with Crippen molar-refractivity contribution >= 4 is 40.0 Å². The molecule has 27 heavy (non-hydrogen) atoms. The average molecular weight is 520 g/mol. The van der Waals surface area contributed by atoms with Crippen LogP contribution in [0.25, 0.3) is 0 Å². The number of alkyl halides is 2. The second-order valence-electron chi connectivity index (χ2n) is 5.50. The van der Waals surface area contributed by atoms with Crippen LogP contribution in [0.3, 0.4) is 0 Å². The van der Waals surface area contributed by atoms with Gasteiger partial charge >= 0.3 is 6.61 Å². The predicted octanol–water partition coefficient (Wildman–Crippen LogP) is 2.24. The lowest BCUT2D eigenvalue weighted by molar-refractivity contribution is -0.0498. The maximum Gasteiger partial charge on any atom is 0.387 e. The topological polar surface area (TPSA) is 83.0 Å². The van der Waals surface area contributed by atoms with Gasteiger partial charge in [0, 0.05) is 33.7 Å². The fourth-order valence-electron chi connectivity index (χ4n) is 2.13. The first kappa shape index (κ1) is 25.8. The molecule has 1 aromatic carbocycles. The van der Waals surface area contributed by atoms with Crippen molar-refractivity contribution in [3.63, 3.8) is 0 Å². The summed E-state index contributed by atoms with van der Waals surface area (Å²) in [7, 11) is 0.327. The Morgan fingerprint density at radius 3 is 2.41 bits per heavy atom. The van der Waals surface area contributed by atoms with E-state index in [9.17, 15) is 17.2 Å². The summed E-state index contributed by atoms with van der Waals surface area (Å²) in [6.07, 6.45) is 0.617. The molecule has 0 aliphatic heterocycles. The fraction of sp³-hybridized carbons (Fsp3) is 0.562. The Hall–Kier alpha value is -1.21. The third-order valence-corrected chi connectivity index (χ3v) is 4.88.